The lowest BCUT2D eigenvalue weighted by Crippen LogP contribution is -2.24. The van der Waals surface area contributed by atoms with Crippen LogP contribution in [-0.2, 0) is 0 Å². The van der Waals surface area contributed by atoms with Gasteiger partial charge in [-0.2, -0.15) is 0 Å². The summed E-state index contributed by atoms with van der Waals surface area (Å²) in [5.74, 6) is 0.507. The topological polar surface area (TPSA) is 32.3 Å². The van der Waals surface area contributed by atoms with Crippen molar-refractivity contribution in [2.75, 3.05) is 13.2 Å². The normalized spacial score (nSPS) is 15.2. The lowest BCUT2D eigenvalue weighted by Gasteiger charge is -2.15. The smallest absolute Gasteiger partial charge is 0.0931 e. The largest absolute Gasteiger partial charge is 0.396 e. The van der Waals surface area contributed by atoms with Crippen LogP contribution in [0, 0.1) is 5.92 Å². The van der Waals surface area contributed by atoms with Crippen molar-refractivity contribution in [1.82, 2.24) is 5.32 Å². The highest BCUT2D eigenvalue weighted by molar-refractivity contribution is 7.16. The lowest BCUT2D eigenvalue weighted by atomic mass is 10.1. The molecule has 2 unspecified atom stereocenters. The quantitative estimate of drug-likeness (QED) is 0.810. The van der Waals surface area contributed by atoms with E-state index in [4.69, 9.17) is 16.7 Å². The SMILES string of the molecule is CC(CCO)CNC(C)c1ccc(Cl)s1. The second-order valence-corrected chi connectivity index (χ2v) is 5.64. The minimum Gasteiger partial charge on any atom is -0.396 e. The highest BCUT2D eigenvalue weighted by atomic mass is 35.5. The summed E-state index contributed by atoms with van der Waals surface area (Å²) >= 11 is 7.49. The number of rotatable bonds is 6. The Morgan fingerprint density at radius 2 is 2.20 bits per heavy atom. The van der Waals surface area contributed by atoms with E-state index in [1.807, 2.05) is 6.07 Å². The first-order valence-electron chi connectivity index (χ1n) is 5.23. The molecule has 0 saturated heterocycles. The standard InChI is InChI=1S/C11H18ClNOS/c1-8(5-6-14)7-13-9(2)10-3-4-11(12)15-10/h3-4,8-9,13-14H,5-7H2,1-2H3. The first kappa shape index (κ1) is 13.0. The molecule has 0 fully saturated rings. The highest BCUT2D eigenvalue weighted by Crippen LogP contribution is 2.26. The fourth-order valence-corrected chi connectivity index (χ4v) is 2.45. The van der Waals surface area contributed by atoms with Crippen molar-refractivity contribution in [1.29, 1.82) is 0 Å². The van der Waals surface area contributed by atoms with Gasteiger partial charge in [0.05, 0.1) is 4.34 Å². The summed E-state index contributed by atoms with van der Waals surface area (Å²) in [6, 6.07) is 4.32. The molecule has 1 heterocycles. The van der Waals surface area contributed by atoms with Crippen LogP contribution in [0.15, 0.2) is 12.1 Å². The van der Waals surface area contributed by atoms with Crippen LogP contribution >= 0.6 is 22.9 Å². The van der Waals surface area contributed by atoms with Gasteiger partial charge >= 0.3 is 0 Å². The maximum Gasteiger partial charge on any atom is 0.0931 e. The molecule has 0 aliphatic heterocycles. The summed E-state index contributed by atoms with van der Waals surface area (Å²) in [5.41, 5.74) is 0. The van der Waals surface area contributed by atoms with Crippen LogP contribution < -0.4 is 5.32 Å². The Kier molecular flexibility index (Phi) is 5.61. The van der Waals surface area contributed by atoms with Crippen molar-refractivity contribution in [2.24, 2.45) is 5.92 Å². The zero-order chi connectivity index (χ0) is 11.3. The van der Waals surface area contributed by atoms with E-state index in [0.29, 0.717) is 12.0 Å². The zero-order valence-electron chi connectivity index (χ0n) is 9.16. The molecule has 2 nitrogen and oxygen atoms in total. The highest BCUT2D eigenvalue weighted by Gasteiger charge is 2.09. The van der Waals surface area contributed by atoms with Crippen LogP contribution in [0.3, 0.4) is 0 Å². The third-order valence-corrected chi connectivity index (χ3v) is 3.83. The Bertz CT molecular complexity index is 290. The summed E-state index contributed by atoms with van der Waals surface area (Å²) in [6.07, 6.45) is 0.852. The van der Waals surface area contributed by atoms with Crippen molar-refractivity contribution >= 4 is 22.9 Å². The van der Waals surface area contributed by atoms with E-state index in [0.717, 1.165) is 17.3 Å². The van der Waals surface area contributed by atoms with E-state index in [2.05, 4.69) is 25.2 Å². The zero-order valence-corrected chi connectivity index (χ0v) is 10.7. The first-order chi connectivity index (χ1) is 7.13. The summed E-state index contributed by atoms with van der Waals surface area (Å²) in [6.45, 7) is 5.46. The van der Waals surface area contributed by atoms with E-state index < -0.39 is 0 Å². The number of aliphatic hydroxyl groups is 1. The minimum atomic E-state index is 0.266. The van der Waals surface area contributed by atoms with Gasteiger partial charge in [0.1, 0.15) is 0 Å². The van der Waals surface area contributed by atoms with Gasteiger partial charge in [0.2, 0.25) is 0 Å². The fourth-order valence-electron chi connectivity index (χ4n) is 1.36. The van der Waals surface area contributed by atoms with Crippen LogP contribution in [0.5, 0.6) is 0 Å². The maximum absolute atomic E-state index is 8.78. The number of thiophene rings is 1. The number of aliphatic hydroxyl groups excluding tert-OH is 1. The maximum atomic E-state index is 8.78. The van der Waals surface area contributed by atoms with Crippen molar-refractivity contribution in [3.63, 3.8) is 0 Å². The number of halogens is 1. The van der Waals surface area contributed by atoms with Gasteiger partial charge in [0.25, 0.3) is 0 Å². The number of hydrogen-bond donors (Lipinski definition) is 2. The molecular formula is C11H18ClNOS. The predicted octanol–water partition coefficient (Wildman–Crippen LogP) is 3.07. The van der Waals surface area contributed by atoms with Gasteiger partial charge in [0.15, 0.2) is 0 Å². The third-order valence-electron chi connectivity index (χ3n) is 2.42. The van der Waals surface area contributed by atoms with E-state index in [1.165, 1.54) is 4.88 Å². The van der Waals surface area contributed by atoms with Crippen LogP contribution in [0.2, 0.25) is 4.34 Å². The van der Waals surface area contributed by atoms with E-state index in [-0.39, 0.29) is 6.61 Å². The Morgan fingerprint density at radius 3 is 2.73 bits per heavy atom. The summed E-state index contributed by atoms with van der Waals surface area (Å²) < 4.78 is 0.835. The molecule has 0 amide bonds. The van der Waals surface area contributed by atoms with Crippen LogP contribution in [-0.4, -0.2) is 18.3 Å². The van der Waals surface area contributed by atoms with Crippen LogP contribution in [0.1, 0.15) is 31.2 Å². The van der Waals surface area contributed by atoms with Gasteiger partial charge in [-0.1, -0.05) is 18.5 Å². The average Bonchev–Trinajstić information content (AvgIpc) is 2.62. The van der Waals surface area contributed by atoms with Crippen molar-refractivity contribution in [3.8, 4) is 0 Å². The molecule has 1 aromatic rings. The molecule has 86 valence electrons. The van der Waals surface area contributed by atoms with Gasteiger partial charge in [-0.3, -0.25) is 0 Å². The average molecular weight is 248 g/mol. The molecule has 0 radical (unpaired) electrons. The summed E-state index contributed by atoms with van der Waals surface area (Å²) in [7, 11) is 0. The van der Waals surface area contributed by atoms with Crippen LogP contribution in [0.25, 0.3) is 0 Å². The van der Waals surface area contributed by atoms with E-state index >= 15 is 0 Å². The molecule has 1 rings (SSSR count). The van der Waals surface area contributed by atoms with E-state index in [1.54, 1.807) is 11.3 Å². The Labute approximate surface area is 100 Å². The second kappa shape index (κ2) is 6.48. The molecule has 2 atom stereocenters. The molecule has 0 saturated carbocycles. The van der Waals surface area contributed by atoms with Gasteiger partial charge in [-0.05, 0) is 37.9 Å². The van der Waals surface area contributed by atoms with Gasteiger partial charge in [0, 0.05) is 17.5 Å². The van der Waals surface area contributed by atoms with Gasteiger partial charge in [-0.25, -0.2) is 0 Å². The molecule has 0 aliphatic carbocycles. The Hall–Kier alpha value is -0.0900. The van der Waals surface area contributed by atoms with Gasteiger partial charge < -0.3 is 10.4 Å². The molecule has 1 aromatic heterocycles. The Morgan fingerprint density at radius 1 is 1.47 bits per heavy atom. The lowest BCUT2D eigenvalue weighted by molar-refractivity contribution is 0.258. The molecular weight excluding hydrogens is 230 g/mol. The van der Waals surface area contributed by atoms with E-state index in [9.17, 15) is 0 Å². The third kappa shape index (κ3) is 4.51. The predicted molar refractivity (Wildman–Crippen MR) is 66.6 cm³/mol. The number of hydrogen-bond acceptors (Lipinski definition) is 3. The first-order valence-corrected chi connectivity index (χ1v) is 6.42. The molecule has 0 spiro atoms. The Balaban J connectivity index is 2.33. The minimum absolute atomic E-state index is 0.266. The molecule has 15 heavy (non-hydrogen) atoms. The number of nitrogens with one attached hydrogen (secondary N) is 1. The van der Waals surface area contributed by atoms with Crippen molar-refractivity contribution in [2.45, 2.75) is 26.3 Å². The monoisotopic (exact) mass is 247 g/mol. The molecule has 0 bridgehead atoms. The summed E-state index contributed by atoms with van der Waals surface area (Å²) in [4.78, 5) is 1.26. The van der Waals surface area contributed by atoms with Crippen LogP contribution in [0.4, 0.5) is 0 Å². The van der Waals surface area contributed by atoms with Crippen molar-refractivity contribution in [3.05, 3.63) is 21.3 Å². The molecule has 0 aromatic carbocycles. The molecule has 0 aliphatic rings. The second-order valence-electron chi connectivity index (χ2n) is 3.89. The molecule has 4 heteroatoms. The van der Waals surface area contributed by atoms with Crippen molar-refractivity contribution < 1.29 is 5.11 Å². The molecule has 2 N–H and O–H groups in total. The summed E-state index contributed by atoms with van der Waals surface area (Å²) in [5, 5.41) is 12.2. The fraction of sp³-hybridized carbons (Fsp3) is 0.636. The van der Waals surface area contributed by atoms with Gasteiger partial charge in [-0.15, -0.1) is 11.3 Å².